The fourth-order valence-corrected chi connectivity index (χ4v) is 9.03. The van der Waals surface area contributed by atoms with Crippen LogP contribution in [0.1, 0.15) is 76.8 Å². The Morgan fingerprint density at radius 3 is 2.75 bits per heavy atom. The topological polar surface area (TPSA) is 137 Å². The number of hydrogen-bond donors (Lipinski definition) is 2. The van der Waals surface area contributed by atoms with Crippen LogP contribution in [-0.2, 0) is 48.0 Å². The van der Waals surface area contributed by atoms with Crippen molar-refractivity contribution in [1.29, 1.82) is 0 Å². The molecule has 5 heterocycles. The molecule has 12 nitrogen and oxygen atoms in total. The number of thiazole rings is 1. The van der Waals surface area contributed by atoms with Crippen LogP contribution in [-0.4, -0.2) is 82.9 Å². The maximum atomic E-state index is 14.1. The van der Waals surface area contributed by atoms with Crippen molar-refractivity contribution in [3.05, 3.63) is 58.2 Å². The summed E-state index contributed by atoms with van der Waals surface area (Å²) in [6.07, 6.45) is 3.54. The van der Waals surface area contributed by atoms with Crippen molar-refractivity contribution in [2.75, 3.05) is 33.5 Å². The van der Waals surface area contributed by atoms with E-state index in [0.717, 1.165) is 49.7 Å². The lowest BCUT2D eigenvalue weighted by molar-refractivity contribution is -0.155. The molecule has 2 aliphatic heterocycles. The lowest BCUT2D eigenvalue weighted by Gasteiger charge is -2.35. The van der Waals surface area contributed by atoms with Crippen molar-refractivity contribution in [2.24, 2.45) is 23.2 Å². The minimum atomic E-state index is -0.842. The Hall–Kier alpha value is -4.17. The number of benzene rings is 1. The van der Waals surface area contributed by atoms with Crippen LogP contribution < -0.4 is 10.7 Å². The number of hydrazine groups is 1. The molecule has 1 saturated carbocycles. The summed E-state index contributed by atoms with van der Waals surface area (Å²) in [5, 5.41) is 8.39. The molecule has 0 radical (unpaired) electrons. The van der Waals surface area contributed by atoms with E-state index in [-0.39, 0.29) is 48.7 Å². The number of methoxy groups -OCH3 is 1. The van der Waals surface area contributed by atoms with E-state index in [1.807, 2.05) is 25.3 Å². The zero-order valence-electron chi connectivity index (χ0n) is 33.0. The average molecular weight is 771 g/mol. The Bertz CT molecular complexity index is 2050. The third kappa shape index (κ3) is 8.07. The second-order valence-corrected chi connectivity index (χ2v) is 17.1. The molecule has 2 fully saturated rings. The first-order valence-electron chi connectivity index (χ1n) is 19.6. The van der Waals surface area contributed by atoms with Gasteiger partial charge in [0.2, 0.25) is 5.91 Å². The molecule has 294 valence electrons. The van der Waals surface area contributed by atoms with Gasteiger partial charge in [0, 0.05) is 78.2 Å². The summed E-state index contributed by atoms with van der Waals surface area (Å²) in [5.41, 5.74) is 9.44. The summed E-state index contributed by atoms with van der Waals surface area (Å²) >= 11 is 1.48. The quantitative estimate of drug-likeness (QED) is 0.152. The van der Waals surface area contributed by atoms with E-state index in [9.17, 15) is 14.4 Å². The highest BCUT2D eigenvalue weighted by molar-refractivity contribution is 7.10. The van der Waals surface area contributed by atoms with Gasteiger partial charge in [-0.25, -0.2) is 10.4 Å². The van der Waals surface area contributed by atoms with E-state index in [4.69, 9.17) is 24.2 Å². The van der Waals surface area contributed by atoms with Crippen LogP contribution in [0.15, 0.2) is 41.9 Å². The molecule has 1 aromatic carbocycles. The van der Waals surface area contributed by atoms with Gasteiger partial charge in [0.1, 0.15) is 12.1 Å². The molecule has 2 N–H and O–H groups in total. The van der Waals surface area contributed by atoms with Crippen molar-refractivity contribution in [3.8, 4) is 22.5 Å². The molecule has 3 aromatic heterocycles. The maximum Gasteiger partial charge on any atom is 0.324 e. The summed E-state index contributed by atoms with van der Waals surface area (Å²) in [6.45, 7) is 14.7. The number of amides is 2. The number of aromatic nitrogens is 3. The van der Waals surface area contributed by atoms with Gasteiger partial charge in [-0.2, -0.15) is 0 Å². The van der Waals surface area contributed by atoms with Crippen LogP contribution in [0.2, 0.25) is 0 Å². The average Bonchev–Trinajstić information content (AvgIpc) is 3.45. The van der Waals surface area contributed by atoms with Crippen LogP contribution in [0, 0.1) is 23.2 Å². The largest absolute Gasteiger partial charge is 0.464 e. The molecule has 1 saturated heterocycles. The van der Waals surface area contributed by atoms with Crippen LogP contribution >= 0.6 is 11.3 Å². The number of esters is 1. The molecule has 2 amide bonds. The minimum Gasteiger partial charge on any atom is -0.464 e. The molecule has 13 heteroatoms. The first-order chi connectivity index (χ1) is 26.4. The Morgan fingerprint density at radius 2 is 2.00 bits per heavy atom. The number of fused-ring (bicyclic) bond motifs is 6. The van der Waals surface area contributed by atoms with Crippen molar-refractivity contribution in [2.45, 2.75) is 92.0 Å². The van der Waals surface area contributed by atoms with Crippen LogP contribution in [0.25, 0.3) is 33.4 Å². The Labute approximate surface area is 327 Å². The summed E-state index contributed by atoms with van der Waals surface area (Å²) in [5.74, 6) is -0.399. The Balaban J connectivity index is 1.36. The molecule has 3 aliphatic rings. The number of pyridine rings is 1. The highest BCUT2D eigenvalue weighted by Gasteiger charge is 2.49. The number of ether oxygens (including phenoxy) is 3. The van der Waals surface area contributed by atoms with Gasteiger partial charge in [-0.1, -0.05) is 33.8 Å². The number of nitrogens with zero attached hydrogens (tertiary/aromatic N) is 4. The molecule has 4 aromatic rings. The van der Waals surface area contributed by atoms with Crippen LogP contribution in [0.3, 0.4) is 0 Å². The van der Waals surface area contributed by atoms with Crippen molar-refractivity contribution < 1.29 is 28.6 Å². The Morgan fingerprint density at radius 1 is 1.20 bits per heavy atom. The summed E-state index contributed by atoms with van der Waals surface area (Å²) in [4.78, 5) is 51.1. The first kappa shape index (κ1) is 39.1. The van der Waals surface area contributed by atoms with Crippen molar-refractivity contribution >= 4 is 40.0 Å². The standard InChI is InChI=1S/C42H54N6O6S/c1-8-53-18-17-47-34-14-13-27-19-29(34)30(38(47)28-11-9-15-43-37(28)26(4)52-7)21-42(5,6)23-54-41(51)31-12-10-16-48(46-31)40(50)32(20-35-44-33(27)22-55-35)45-39(49)36-24(2)25(36)3/h9,11,13-15,19,22,24-26,31-32,36,46H,8,10,12,16-18,20-21,23H2,1-7H3,(H,45,49)/t24-,25+,26-,31-,32-,36+/m0/s1. The number of nitrogens with one attached hydrogen (secondary N) is 2. The second kappa shape index (κ2) is 16.1. The third-order valence-corrected chi connectivity index (χ3v) is 12.5. The number of rotatable bonds is 9. The van der Waals surface area contributed by atoms with E-state index in [2.05, 4.69) is 67.3 Å². The summed E-state index contributed by atoms with van der Waals surface area (Å²) in [7, 11) is 1.69. The maximum absolute atomic E-state index is 14.1. The highest BCUT2D eigenvalue weighted by Crippen LogP contribution is 2.46. The number of carbonyl (C=O) groups excluding carboxylic acids is 3. The molecule has 1 aliphatic carbocycles. The second-order valence-electron chi connectivity index (χ2n) is 16.1. The monoisotopic (exact) mass is 770 g/mol. The molecule has 0 spiro atoms. The number of hydrogen-bond acceptors (Lipinski definition) is 10. The van der Waals surface area contributed by atoms with Gasteiger partial charge in [0.05, 0.1) is 41.4 Å². The molecule has 6 bridgehead atoms. The molecule has 55 heavy (non-hydrogen) atoms. The van der Waals surface area contributed by atoms with E-state index in [1.54, 1.807) is 13.3 Å². The van der Waals surface area contributed by atoms with E-state index < -0.39 is 23.5 Å². The van der Waals surface area contributed by atoms with Crippen LogP contribution in [0.5, 0.6) is 0 Å². The van der Waals surface area contributed by atoms with Gasteiger partial charge in [-0.05, 0) is 74.8 Å². The number of cyclic esters (lactones) is 1. The van der Waals surface area contributed by atoms with Gasteiger partial charge >= 0.3 is 5.97 Å². The number of carbonyl (C=O) groups is 3. The van der Waals surface area contributed by atoms with Crippen molar-refractivity contribution in [3.63, 3.8) is 0 Å². The van der Waals surface area contributed by atoms with E-state index >= 15 is 0 Å². The van der Waals surface area contributed by atoms with Gasteiger partial charge in [-0.3, -0.25) is 24.4 Å². The normalized spacial score (nSPS) is 24.6. The predicted molar refractivity (Wildman–Crippen MR) is 212 cm³/mol. The zero-order chi connectivity index (χ0) is 39.0. The summed E-state index contributed by atoms with van der Waals surface area (Å²) < 4.78 is 20.1. The fraction of sp³-hybridized carbons (Fsp3) is 0.548. The fourth-order valence-electron chi connectivity index (χ4n) is 8.18. The predicted octanol–water partition coefficient (Wildman–Crippen LogP) is 6.12. The molecular formula is C42H54N6O6S. The van der Waals surface area contributed by atoms with Gasteiger partial charge in [0.15, 0.2) is 0 Å². The van der Waals surface area contributed by atoms with E-state index in [1.165, 1.54) is 16.3 Å². The van der Waals surface area contributed by atoms with Crippen LogP contribution in [0.4, 0.5) is 0 Å². The van der Waals surface area contributed by atoms with Gasteiger partial charge < -0.3 is 24.1 Å². The Kier molecular flexibility index (Phi) is 11.5. The molecule has 6 atom stereocenters. The lowest BCUT2D eigenvalue weighted by Crippen LogP contribution is -2.60. The third-order valence-electron chi connectivity index (χ3n) is 11.6. The highest BCUT2D eigenvalue weighted by atomic mass is 32.1. The smallest absolute Gasteiger partial charge is 0.324 e. The van der Waals surface area contributed by atoms with Gasteiger partial charge in [-0.15, -0.1) is 11.3 Å². The zero-order valence-corrected chi connectivity index (χ0v) is 33.8. The van der Waals surface area contributed by atoms with Gasteiger partial charge in [0.25, 0.3) is 5.91 Å². The van der Waals surface area contributed by atoms with Crippen molar-refractivity contribution in [1.82, 2.24) is 30.3 Å². The molecule has 0 unspecified atom stereocenters. The molecular weight excluding hydrogens is 717 g/mol. The van der Waals surface area contributed by atoms with E-state index in [0.29, 0.717) is 45.6 Å². The SMILES string of the molecule is CCOCCn1c(-c2cccnc2[C@H](C)OC)c2c3cc(ccc31)-c1csc(n1)C[C@H](NC(=O)[C@H]1[C@H](C)[C@@H]1C)C(=O)N1CCC[C@H](N1)C(=O)OCC(C)(C)C2. The summed E-state index contributed by atoms with van der Waals surface area (Å²) in [6, 6.07) is 8.97. The lowest BCUT2D eigenvalue weighted by atomic mass is 9.84. The first-order valence-corrected chi connectivity index (χ1v) is 20.5. The minimum absolute atomic E-state index is 0.119. The molecule has 7 rings (SSSR count).